The van der Waals surface area contributed by atoms with Crippen molar-refractivity contribution < 1.29 is 13.6 Å². The van der Waals surface area contributed by atoms with E-state index >= 15 is 4.39 Å². The Morgan fingerprint density at radius 2 is 1.93 bits per heavy atom. The topological polar surface area (TPSA) is 42.0 Å². The zero-order chi connectivity index (χ0) is 20.3. The van der Waals surface area contributed by atoms with Gasteiger partial charge < -0.3 is 5.32 Å². The third-order valence-electron chi connectivity index (χ3n) is 4.27. The molecule has 0 saturated carbocycles. The van der Waals surface area contributed by atoms with E-state index in [0.29, 0.717) is 21.2 Å². The molecule has 28 heavy (non-hydrogen) atoms. The number of alkyl halides is 1. The summed E-state index contributed by atoms with van der Waals surface area (Å²) < 4.78 is 29.3. The average Bonchev–Trinajstić information content (AvgIpc) is 2.66. The lowest BCUT2D eigenvalue weighted by Crippen LogP contribution is -2.36. The van der Waals surface area contributed by atoms with E-state index in [4.69, 9.17) is 11.6 Å². The van der Waals surface area contributed by atoms with Gasteiger partial charge in [-0.2, -0.15) is 0 Å². The van der Waals surface area contributed by atoms with Crippen LogP contribution in [0.25, 0.3) is 11.1 Å². The molecule has 0 saturated heterocycles. The third-order valence-corrected chi connectivity index (χ3v) is 5.27. The molecule has 1 atom stereocenters. The van der Waals surface area contributed by atoms with Crippen molar-refractivity contribution in [2.45, 2.75) is 12.6 Å². The Labute approximate surface area is 174 Å². The molecule has 3 rings (SSSR count). The van der Waals surface area contributed by atoms with Crippen LogP contribution in [0.1, 0.15) is 22.8 Å². The van der Waals surface area contributed by atoms with Crippen molar-refractivity contribution >= 4 is 33.4 Å². The van der Waals surface area contributed by atoms with Crippen molar-refractivity contribution in [3.63, 3.8) is 0 Å². The second kappa shape index (κ2) is 8.37. The number of halogens is 4. The van der Waals surface area contributed by atoms with Gasteiger partial charge in [-0.25, -0.2) is 8.78 Å². The number of rotatable bonds is 5. The Hall–Kier alpha value is -2.31. The van der Waals surface area contributed by atoms with Crippen LogP contribution in [-0.2, 0) is 5.67 Å². The average molecular weight is 466 g/mol. The summed E-state index contributed by atoms with van der Waals surface area (Å²) in [7, 11) is 0. The van der Waals surface area contributed by atoms with E-state index in [1.807, 2.05) is 0 Å². The fourth-order valence-corrected chi connectivity index (χ4v) is 3.61. The van der Waals surface area contributed by atoms with Crippen molar-refractivity contribution in [1.82, 2.24) is 10.3 Å². The van der Waals surface area contributed by atoms with Crippen LogP contribution in [0.3, 0.4) is 0 Å². The predicted octanol–water partition coefficient (Wildman–Crippen LogP) is 5.92. The van der Waals surface area contributed by atoms with Gasteiger partial charge in [-0.15, -0.1) is 0 Å². The maximum atomic E-state index is 15.3. The van der Waals surface area contributed by atoms with Crippen LogP contribution in [0.15, 0.2) is 65.4 Å². The number of carbonyl (C=O) groups excluding carboxylic acids is 1. The number of pyridine rings is 1. The van der Waals surface area contributed by atoms with Crippen LogP contribution in [-0.4, -0.2) is 17.4 Å². The van der Waals surface area contributed by atoms with Crippen LogP contribution in [0, 0.1) is 5.82 Å². The summed E-state index contributed by atoms with van der Waals surface area (Å²) in [5, 5.41) is 2.78. The normalized spacial score (nSPS) is 13.0. The highest BCUT2D eigenvalue weighted by Crippen LogP contribution is 2.34. The van der Waals surface area contributed by atoms with Crippen LogP contribution >= 0.6 is 27.5 Å². The molecule has 0 aliphatic heterocycles. The van der Waals surface area contributed by atoms with E-state index in [0.717, 1.165) is 6.20 Å². The van der Waals surface area contributed by atoms with Crippen molar-refractivity contribution in [1.29, 1.82) is 0 Å². The number of benzene rings is 2. The van der Waals surface area contributed by atoms with Gasteiger partial charge in [-0.1, -0.05) is 35.9 Å². The lowest BCUT2D eigenvalue weighted by Gasteiger charge is -2.23. The number of nitrogens with zero attached hydrogens (tertiary/aromatic N) is 1. The fourth-order valence-electron chi connectivity index (χ4n) is 2.77. The van der Waals surface area contributed by atoms with E-state index in [-0.39, 0.29) is 17.1 Å². The number of nitrogens with one attached hydrogen (secondary N) is 1. The van der Waals surface area contributed by atoms with Crippen molar-refractivity contribution in [3.05, 3.63) is 87.4 Å². The van der Waals surface area contributed by atoms with E-state index in [2.05, 4.69) is 26.2 Å². The largest absolute Gasteiger partial charge is 0.348 e. The lowest BCUT2D eigenvalue weighted by atomic mass is 9.95. The van der Waals surface area contributed by atoms with Crippen LogP contribution < -0.4 is 5.32 Å². The minimum absolute atomic E-state index is 0.182. The molecule has 0 radical (unpaired) electrons. The molecule has 2 aromatic carbocycles. The van der Waals surface area contributed by atoms with Crippen molar-refractivity contribution in [2.24, 2.45) is 0 Å². The monoisotopic (exact) mass is 464 g/mol. The summed E-state index contributed by atoms with van der Waals surface area (Å²) in [6.45, 7) is 1.09. The molecule has 144 valence electrons. The fraction of sp³-hybridized carbons (Fsp3) is 0.143. The lowest BCUT2D eigenvalue weighted by molar-refractivity contribution is 0.0909. The first kappa shape index (κ1) is 20.4. The number of carbonyl (C=O) groups is 1. The first-order valence-corrected chi connectivity index (χ1v) is 9.57. The SMILES string of the molecule is CC(F)(CNC(=O)c1ccccc1Br)c1ccc(-c2cncc(F)c2)cc1Cl. The van der Waals surface area contributed by atoms with E-state index in [1.54, 1.807) is 36.4 Å². The smallest absolute Gasteiger partial charge is 0.252 e. The van der Waals surface area contributed by atoms with Gasteiger partial charge in [-0.3, -0.25) is 9.78 Å². The molecule has 1 aromatic heterocycles. The maximum Gasteiger partial charge on any atom is 0.252 e. The maximum absolute atomic E-state index is 15.3. The molecule has 0 spiro atoms. The summed E-state index contributed by atoms with van der Waals surface area (Å²) in [5.74, 6) is -0.863. The zero-order valence-electron chi connectivity index (χ0n) is 14.8. The quantitative estimate of drug-likeness (QED) is 0.508. The molecule has 7 heteroatoms. The molecule has 1 N–H and O–H groups in total. The molecule has 0 aliphatic carbocycles. The standard InChI is InChI=1S/C21H16BrClF2N2O/c1-21(25,12-27-20(28)16-4-2-3-5-18(16)22)17-7-6-13(9-19(17)23)14-8-15(24)11-26-10-14/h2-11H,12H2,1H3,(H,27,28). The molecule has 3 aromatic rings. The van der Waals surface area contributed by atoms with E-state index < -0.39 is 17.4 Å². The molecule has 3 nitrogen and oxygen atoms in total. The molecule has 1 amide bonds. The molecule has 1 heterocycles. The van der Waals surface area contributed by atoms with Crippen molar-refractivity contribution in [3.8, 4) is 11.1 Å². The predicted molar refractivity (Wildman–Crippen MR) is 110 cm³/mol. The van der Waals surface area contributed by atoms with Gasteiger partial charge in [0.2, 0.25) is 0 Å². The highest BCUT2D eigenvalue weighted by Gasteiger charge is 2.29. The van der Waals surface area contributed by atoms with Gasteiger partial charge in [0.15, 0.2) is 5.67 Å². The number of hydrogen-bond acceptors (Lipinski definition) is 2. The zero-order valence-corrected chi connectivity index (χ0v) is 17.2. The number of aromatic nitrogens is 1. The molecule has 0 fully saturated rings. The molecule has 0 bridgehead atoms. The second-order valence-electron chi connectivity index (χ2n) is 6.45. The van der Waals surface area contributed by atoms with Crippen molar-refractivity contribution in [2.75, 3.05) is 6.54 Å². The minimum Gasteiger partial charge on any atom is -0.348 e. The summed E-state index contributed by atoms with van der Waals surface area (Å²) in [4.78, 5) is 16.1. The van der Waals surface area contributed by atoms with E-state index in [9.17, 15) is 9.18 Å². The second-order valence-corrected chi connectivity index (χ2v) is 7.71. The Morgan fingerprint density at radius 3 is 2.61 bits per heavy atom. The van der Waals surface area contributed by atoms with Crippen LogP contribution in [0.5, 0.6) is 0 Å². The Balaban J connectivity index is 1.78. The van der Waals surface area contributed by atoms with Crippen LogP contribution in [0.4, 0.5) is 8.78 Å². The highest BCUT2D eigenvalue weighted by atomic mass is 79.9. The van der Waals surface area contributed by atoms with Gasteiger partial charge in [0, 0.05) is 26.8 Å². The summed E-state index contributed by atoms with van der Waals surface area (Å²) in [6, 6.07) is 13.0. The van der Waals surface area contributed by atoms with Gasteiger partial charge >= 0.3 is 0 Å². The summed E-state index contributed by atoms with van der Waals surface area (Å²) >= 11 is 9.59. The highest BCUT2D eigenvalue weighted by molar-refractivity contribution is 9.10. The van der Waals surface area contributed by atoms with Gasteiger partial charge in [0.05, 0.1) is 18.3 Å². The number of hydrogen-bond donors (Lipinski definition) is 1. The summed E-state index contributed by atoms with van der Waals surface area (Å²) in [6.07, 6.45) is 2.60. The number of amides is 1. The van der Waals surface area contributed by atoms with Gasteiger partial charge in [0.1, 0.15) is 5.82 Å². The van der Waals surface area contributed by atoms with Gasteiger partial charge in [-0.05, 0) is 52.7 Å². The Morgan fingerprint density at radius 1 is 1.18 bits per heavy atom. The first-order chi connectivity index (χ1) is 13.3. The van der Waals surface area contributed by atoms with Crippen LogP contribution in [0.2, 0.25) is 5.02 Å². The third kappa shape index (κ3) is 4.56. The Bertz CT molecular complexity index is 1030. The first-order valence-electron chi connectivity index (χ1n) is 8.40. The molecule has 0 aliphatic rings. The minimum atomic E-state index is -1.90. The van der Waals surface area contributed by atoms with E-state index in [1.165, 1.54) is 25.3 Å². The summed E-state index contributed by atoms with van der Waals surface area (Å²) in [5.41, 5.74) is -0.0923. The molecular weight excluding hydrogens is 450 g/mol. The Kier molecular flexibility index (Phi) is 6.10. The molecule has 1 unspecified atom stereocenters. The van der Waals surface area contributed by atoms with Gasteiger partial charge in [0.25, 0.3) is 5.91 Å². The molecular formula is C21H16BrClF2N2O.